The van der Waals surface area contributed by atoms with Crippen molar-refractivity contribution in [2.24, 2.45) is 5.73 Å². The molecule has 1 aromatic heterocycles. The molecule has 1 unspecified atom stereocenters. The summed E-state index contributed by atoms with van der Waals surface area (Å²) in [5.74, 6) is -0.0659. The third-order valence-electron chi connectivity index (χ3n) is 4.83. The summed E-state index contributed by atoms with van der Waals surface area (Å²) >= 11 is 6.15. The smallest absolute Gasteiger partial charge is 0.275 e. The van der Waals surface area contributed by atoms with Crippen LogP contribution in [0.3, 0.4) is 0 Å². The number of nitrogens with two attached hydrogens (primary N) is 1. The van der Waals surface area contributed by atoms with Gasteiger partial charge in [0.05, 0.1) is 17.3 Å². The van der Waals surface area contributed by atoms with Gasteiger partial charge in [-0.15, -0.1) is 0 Å². The summed E-state index contributed by atoms with van der Waals surface area (Å²) in [5.41, 5.74) is 7.21. The van der Waals surface area contributed by atoms with Crippen LogP contribution in [0.5, 0.6) is 0 Å². The lowest BCUT2D eigenvalue weighted by atomic mass is 10.1. The summed E-state index contributed by atoms with van der Waals surface area (Å²) in [6.07, 6.45) is 3.14. The fourth-order valence-electron chi connectivity index (χ4n) is 3.34. The fraction of sp³-hybridized carbons (Fsp3) is 0.400. The Labute approximate surface area is 169 Å². The quantitative estimate of drug-likeness (QED) is 0.774. The maximum atomic E-state index is 12.8. The second kappa shape index (κ2) is 8.67. The summed E-state index contributed by atoms with van der Waals surface area (Å²) in [6, 6.07) is 7.22. The van der Waals surface area contributed by atoms with E-state index in [4.69, 9.17) is 17.3 Å². The summed E-state index contributed by atoms with van der Waals surface area (Å²) in [6.45, 7) is 5.22. The van der Waals surface area contributed by atoms with Crippen molar-refractivity contribution in [3.63, 3.8) is 0 Å². The summed E-state index contributed by atoms with van der Waals surface area (Å²) in [4.78, 5) is 35.0. The molecule has 1 aromatic carbocycles. The van der Waals surface area contributed by atoms with Crippen molar-refractivity contribution in [2.45, 2.75) is 45.2 Å². The van der Waals surface area contributed by atoms with Gasteiger partial charge in [-0.2, -0.15) is 0 Å². The predicted octanol–water partition coefficient (Wildman–Crippen LogP) is 2.96. The number of benzene rings is 1. The number of halogens is 1. The predicted molar refractivity (Wildman–Crippen MR) is 108 cm³/mol. The molecule has 2 amide bonds. The molecule has 0 bridgehead atoms. The highest BCUT2D eigenvalue weighted by atomic mass is 35.5. The Hall–Kier alpha value is -2.51. The Morgan fingerprint density at radius 1 is 1.36 bits per heavy atom. The lowest BCUT2D eigenvalue weighted by Gasteiger charge is -2.23. The molecule has 7 nitrogen and oxygen atoms in total. The van der Waals surface area contributed by atoms with E-state index < -0.39 is 5.91 Å². The Morgan fingerprint density at radius 3 is 2.82 bits per heavy atom. The van der Waals surface area contributed by atoms with E-state index in [-0.39, 0.29) is 28.6 Å². The molecule has 1 aliphatic rings. The number of carbonyl (C=O) groups is 2. The molecular weight excluding hydrogens is 378 g/mol. The number of rotatable bonds is 6. The average Bonchev–Trinajstić information content (AvgIpc) is 3.12. The third-order valence-corrected chi connectivity index (χ3v) is 5.10. The van der Waals surface area contributed by atoms with Crippen molar-refractivity contribution in [3.8, 4) is 0 Å². The Balaban J connectivity index is 1.81. The van der Waals surface area contributed by atoms with Gasteiger partial charge in [-0.05, 0) is 31.0 Å². The minimum atomic E-state index is -0.394. The molecule has 0 spiro atoms. The molecule has 148 valence electrons. The van der Waals surface area contributed by atoms with Crippen LogP contribution in [0.4, 0.5) is 5.69 Å². The van der Waals surface area contributed by atoms with Gasteiger partial charge in [-0.1, -0.05) is 43.6 Å². The van der Waals surface area contributed by atoms with Gasteiger partial charge in [0.1, 0.15) is 5.82 Å². The first-order chi connectivity index (χ1) is 13.4. The van der Waals surface area contributed by atoms with E-state index >= 15 is 0 Å². The van der Waals surface area contributed by atoms with Crippen molar-refractivity contribution in [1.82, 2.24) is 14.9 Å². The molecule has 2 heterocycles. The van der Waals surface area contributed by atoms with Gasteiger partial charge in [-0.3, -0.25) is 14.5 Å². The van der Waals surface area contributed by atoms with Crippen molar-refractivity contribution in [3.05, 3.63) is 52.6 Å². The minimum absolute atomic E-state index is 0.0806. The van der Waals surface area contributed by atoms with Crippen LogP contribution in [-0.2, 0) is 11.3 Å². The normalized spacial score (nSPS) is 17.1. The lowest BCUT2D eigenvalue weighted by molar-refractivity contribution is -0.122. The topological polar surface area (TPSA) is 101 Å². The van der Waals surface area contributed by atoms with Crippen LogP contribution in [0.1, 0.15) is 54.5 Å². The number of hydrogen-bond donors (Lipinski definition) is 2. The molecule has 8 heteroatoms. The lowest BCUT2D eigenvalue weighted by Crippen LogP contribution is -2.39. The molecule has 2 aromatic rings. The molecule has 1 aliphatic heterocycles. The van der Waals surface area contributed by atoms with Crippen LogP contribution in [0.15, 0.2) is 30.5 Å². The summed E-state index contributed by atoms with van der Waals surface area (Å²) in [7, 11) is 0. The van der Waals surface area contributed by atoms with Crippen molar-refractivity contribution >= 4 is 29.1 Å². The standard InChI is InChI=1S/C20H24ClN5O2/c1-12(2)19-23-10-14(21)17(25-19)20(28)24-15-7-4-3-6-13(15)11-26-9-5-8-16(26)18(22)27/h3-4,6-7,10,12,16H,5,8-9,11H2,1-2H3,(H2,22,27)(H,24,28). The number of nitrogens with one attached hydrogen (secondary N) is 1. The Morgan fingerprint density at radius 2 is 2.11 bits per heavy atom. The van der Waals surface area contributed by atoms with Gasteiger partial charge in [0, 0.05) is 18.2 Å². The zero-order chi connectivity index (χ0) is 20.3. The van der Waals surface area contributed by atoms with Crippen molar-refractivity contribution < 1.29 is 9.59 Å². The van der Waals surface area contributed by atoms with Crippen LogP contribution < -0.4 is 11.1 Å². The first-order valence-corrected chi connectivity index (χ1v) is 9.69. The number of primary amides is 1. The molecule has 3 rings (SSSR count). The number of likely N-dealkylation sites (tertiary alicyclic amines) is 1. The van der Waals surface area contributed by atoms with Gasteiger partial charge in [0.25, 0.3) is 5.91 Å². The molecular formula is C20H24ClN5O2. The van der Waals surface area contributed by atoms with Crippen LogP contribution in [-0.4, -0.2) is 39.3 Å². The highest BCUT2D eigenvalue weighted by molar-refractivity contribution is 6.33. The van der Waals surface area contributed by atoms with Gasteiger partial charge in [0.2, 0.25) is 5.91 Å². The van der Waals surface area contributed by atoms with Gasteiger partial charge < -0.3 is 11.1 Å². The number of hydrogen-bond acceptors (Lipinski definition) is 5. The monoisotopic (exact) mass is 401 g/mol. The maximum absolute atomic E-state index is 12.8. The third kappa shape index (κ3) is 4.48. The van der Waals surface area contributed by atoms with Crippen LogP contribution in [0.25, 0.3) is 0 Å². The molecule has 28 heavy (non-hydrogen) atoms. The summed E-state index contributed by atoms with van der Waals surface area (Å²) in [5, 5.41) is 3.10. The first-order valence-electron chi connectivity index (χ1n) is 9.32. The molecule has 1 fully saturated rings. The highest BCUT2D eigenvalue weighted by Gasteiger charge is 2.29. The molecule has 3 N–H and O–H groups in total. The zero-order valence-corrected chi connectivity index (χ0v) is 16.7. The molecule has 1 saturated heterocycles. The molecule has 0 radical (unpaired) electrons. The van der Waals surface area contributed by atoms with Gasteiger partial charge >= 0.3 is 0 Å². The Bertz CT molecular complexity index is 887. The number of aromatic nitrogens is 2. The van der Waals surface area contributed by atoms with E-state index in [1.165, 1.54) is 6.20 Å². The SMILES string of the molecule is CC(C)c1ncc(Cl)c(C(=O)Nc2ccccc2CN2CCCC2C(N)=O)n1. The number of nitrogens with zero attached hydrogens (tertiary/aromatic N) is 3. The number of para-hydroxylation sites is 1. The maximum Gasteiger partial charge on any atom is 0.275 e. The highest BCUT2D eigenvalue weighted by Crippen LogP contribution is 2.25. The van der Waals surface area contributed by atoms with Crippen LogP contribution in [0, 0.1) is 0 Å². The van der Waals surface area contributed by atoms with Crippen molar-refractivity contribution in [1.29, 1.82) is 0 Å². The molecule has 1 atom stereocenters. The van der Waals surface area contributed by atoms with Gasteiger partial charge in [-0.25, -0.2) is 9.97 Å². The van der Waals surface area contributed by atoms with Gasteiger partial charge in [0.15, 0.2) is 5.69 Å². The Kier molecular flexibility index (Phi) is 6.26. The van der Waals surface area contributed by atoms with E-state index in [1.54, 1.807) is 0 Å². The van der Waals surface area contributed by atoms with E-state index in [1.807, 2.05) is 43.0 Å². The van der Waals surface area contributed by atoms with E-state index in [9.17, 15) is 9.59 Å². The van der Waals surface area contributed by atoms with Crippen LogP contribution >= 0.6 is 11.6 Å². The van der Waals surface area contributed by atoms with E-state index in [0.717, 1.165) is 24.9 Å². The second-order valence-electron chi connectivity index (χ2n) is 7.22. The van der Waals surface area contributed by atoms with Crippen LogP contribution in [0.2, 0.25) is 5.02 Å². The molecule has 0 saturated carbocycles. The van der Waals surface area contributed by atoms with Crippen molar-refractivity contribution in [2.75, 3.05) is 11.9 Å². The van der Waals surface area contributed by atoms with E-state index in [0.29, 0.717) is 18.1 Å². The zero-order valence-electron chi connectivity index (χ0n) is 16.0. The number of amides is 2. The number of carbonyl (C=O) groups excluding carboxylic acids is 2. The average molecular weight is 402 g/mol. The fourth-order valence-corrected chi connectivity index (χ4v) is 3.51. The molecule has 0 aliphatic carbocycles. The largest absolute Gasteiger partial charge is 0.368 e. The second-order valence-corrected chi connectivity index (χ2v) is 7.63. The summed E-state index contributed by atoms with van der Waals surface area (Å²) < 4.78 is 0. The van der Waals surface area contributed by atoms with E-state index in [2.05, 4.69) is 15.3 Å². The first kappa shape index (κ1) is 20.2. The minimum Gasteiger partial charge on any atom is -0.368 e. The number of anilines is 1.